The quantitative estimate of drug-likeness (QED) is 0.374. The number of aromatic nitrogens is 1. The van der Waals surface area contributed by atoms with Crippen LogP contribution in [0.1, 0.15) is 26.4 Å². The molecular weight excluding hydrogens is 491 g/mol. The number of hydrogen-bond donors (Lipinski definition) is 1. The van der Waals surface area contributed by atoms with E-state index in [0.717, 1.165) is 28.5 Å². The molecule has 0 radical (unpaired) electrons. The number of rotatable bonds is 4. The molecule has 4 aromatic rings. The van der Waals surface area contributed by atoms with Crippen molar-refractivity contribution in [3.63, 3.8) is 0 Å². The second-order valence-electron chi connectivity index (χ2n) is 8.39. The van der Waals surface area contributed by atoms with E-state index in [-0.39, 0.29) is 26.5 Å². The molecule has 6 nitrogen and oxygen atoms in total. The standard InChI is InChI=1S/C26H22F3N3O3S/c1-34-16-7-8-20(35-2)17(11-16)19-12-18(26(27,28)29)21-22(30)23(36-24(21)31-19)25(33)32-10-9-14-5-3-4-6-15(14)13-32/h3-8,11-12H,9-10,13,30H2,1-2H3. The molecule has 3 heterocycles. The fourth-order valence-corrected chi connectivity index (χ4v) is 5.56. The van der Waals surface area contributed by atoms with Crippen molar-refractivity contribution < 1.29 is 27.4 Å². The normalized spacial score (nSPS) is 13.5. The summed E-state index contributed by atoms with van der Waals surface area (Å²) in [5.74, 6) is 0.371. The van der Waals surface area contributed by atoms with Gasteiger partial charge in [-0.15, -0.1) is 11.3 Å². The molecule has 0 atom stereocenters. The van der Waals surface area contributed by atoms with Crippen LogP contribution in [-0.2, 0) is 19.1 Å². The molecular formula is C26H22F3N3O3S. The van der Waals surface area contributed by atoms with Gasteiger partial charge in [0, 0.05) is 24.0 Å². The van der Waals surface area contributed by atoms with Gasteiger partial charge in [-0.3, -0.25) is 4.79 Å². The number of methoxy groups -OCH3 is 2. The highest BCUT2D eigenvalue weighted by Gasteiger charge is 2.37. The number of benzene rings is 2. The number of thiophene rings is 1. The van der Waals surface area contributed by atoms with E-state index in [1.54, 1.807) is 23.1 Å². The molecule has 36 heavy (non-hydrogen) atoms. The second kappa shape index (κ2) is 9.02. The molecule has 0 aliphatic carbocycles. The van der Waals surface area contributed by atoms with Crippen LogP contribution >= 0.6 is 11.3 Å². The molecule has 1 aliphatic rings. The van der Waals surface area contributed by atoms with Gasteiger partial charge in [0.1, 0.15) is 21.2 Å². The van der Waals surface area contributed by atoms with Gasteiger partial charge in [0.15, 0.2) is 0 Å². The summed E-state index contributed by atoms with van der Waals surface area (Å²) >= 11 is 0.870. The Labute approximate surface area is 209 Å². The van der Waals surface area contributed by atoms with Crippen LogP contribution in [-0.4, -0.2) is 36.6 Å². The third-order valence-electron chi connectivity index (χ3n) is 6.30. The van der Waals surface area contributed by atoms with E-state index in [2.05, 4.69) is 4.98 Å². The largest absolute Gasteiger partial charge is 0.497 e. The maximum absolute atomic E-state index is 14.2. The molecule has 0 spiro atoms. The molecule has 5 rings (SSSR count). The first-order valence-electron chi connectivity index (χ1n) is 11.1. The topological polar surface area (TPSA) is 77.7 Å². The van der Waals surface area contributed by atoms with Gasteiger partial charge in [-0.05, 0) is 41.8 Å². The minimum atomic E-state index is -4.72. The lowest BCUT2D eigenvalue weighted by atomic mass is 9.99. The van der Waals surface area contributed by atoms with Crippen LogP contribution < -0.4 is 15.2 Å². The summed E-state index contributed by atoms with van der Waals surface area (Å²) in [5, 5.41) is -0.265. The van der Waals surface area contributed by atoms with Crippen LogP contribution in [0.2, 0.25) is 0 Å². The maximum Gasteiger partial charge on any atom is 0.417 e. The summed E-state index contributed by atoms with van der Waals surface area (Å²) in [5.41, 5.74) is 7.59. The summed E-state index contributed by atoms with van der Waals surface area (Å²) in [6.07, 6.45) is -4.06. The average molecular weight is 514 g/mol. The first-order valence-corrected chi connectivity index (χ1v) is 11.9. The highest BCUT2D eigenvalue weighted by Crippen LogP contribution is 2.45. The zero-order chi connectivity index (χ0) is 25.6. The molecule has 0 saturated carbocycles. The number of amides is 1. The number of halogens is 3. The number of anilines is 1. The lowest BCUT2D eigenvalue weighted by Crippen LogP contribution is -2.35. The molecule has 1 amide bonds. The number of pyridine rings is 1. The number of hydrogen-bond acceptors (Lipinski definition) is 6. The molecule has 0 fully saturated rings. The average Bonchev–Trinajstić information content (AvgIpc) is 3.22. The van der Waals surface area contributed by atoms with E-state index in [4.69, 9.17) is 15.2 Å². The summed E-state index contributed by atoms with van der Waals surface area (Å²) in [6, 6.07) is 13.5. The van der Waals surface area contributed by atoms with Gasteiger partial charge in [-0.1, -0.05) is 24.3 Å². The molecule has 1 aliphatic heterocycles. The van der Waals surface area contributed by atoms with Crippen LogP contribution in [0.15, 0.2) is 48.5 Å². The van der Waals surface area contributed by atoms with Crippen molar-refractivity contribution in [1.82, 2.24) is 9.88 Å². The number of carbonyl (C=O) groups excluding carboxylic acids is 1. The Morgan fingerprint density at radius 3 is 2.53 bits per heavy atom. The van der Waals surface area contributed by atoms with Gasteiger partial charge in [0.25, 0.3) is 5.91 Å². The van der Waals surface area contributed by atoms with E-state index in [0.29, 0.717) is 36.6 Å². The van der Waals surface area contributed by atoms with Crippen molar-refractivity contribution in [3.8, 4) is 22.8 Å². The predicted octanol–water partition coefficient (Wildman–Crippen LogP) is 5.78. The fourth-order valence-electron chi connectivity index (χ4n) is 4.47. The van der Waals surface area contributed by atoms with Gasteiger partial charge in [0.2, 0.25) is 0 Å². The van der Waals surface area contributed by atoms with Crippen LogP contribution in [0.25, 0.3) is 21.5 Å². The molecule has 2 N–H and O–H groups in total. The number of fused-ring (bicyclic) bond motifs is 2. The molecule has 0 bridgehead atoms. The summed E-state index contributed by atoms with van der Waals surface area (Å²) in [7, 11) is 2.88. The maximum atomic E-state index is 14.2. The lowest BCUT2D eigenvalue weighted by molar-refractivity contribution is -0.136. The van der Waals surface area contributed by atoms with Crippen LogP contribution in [0, 0.1) is 0 Å². The van der Waals surface area contributed by atoms with Gasteiger partial charge in [-0.2, -0.15) is 13.2 Å². The number of nitrogens with two attached hydrogens (primary N) is 1. The van der Waals surface area contributed by atoms with Crippen molar-refractivity contribution in [2.45, 2.75) is 19.1 Å². The van der Waals surface area contributed by atoms with Crippen molar-refractivity contribution in [2.75, 3.05) is 26.5 Å². The van der Waals surface area contributed by atoms with Crippen molar-refractivity contribution in [3.05, 3.63) is 70.1 Å². The van der Waals surface area contributed by atoms with Crippen molar-refractivity contribution in [2.24, 2.45) is 0 Å². The van der Waals surface area contributed by atoms with Crippen molar-refractivity contribution >= 4 is 33.1 Å². The Hall–Kier alpha value is -3.79. The Morgan fingerprint density at radius 1 is 1.08 bits per heavy atom. The fraction of sp³-hybridized carbons (Fsp3) is 0.231. The number of alkyl halides is 3. The second-order valence-corrected chi connectivity index (χ2v) is 9.39. The van der Waals surface area contributed by atoms with Crippen LogP contribution in [0.4, 0.5) is 18.9 Å². The van der Waals surface area contributed by atoms with E-state index >= 15 is 0 Å². The summed E-state index contributed by atoms with van der Waals surface area (Å²) < 4.78 is 53.3. The van der Waals surface area contributed by atoms with E-state index < -0.39 is 17.6 Å². The Bertz CT molecular complexity index is 1480. The van der Waals surface area contributed by atoms with Crippen LogP contribution in [0.5, 0.6) is 11.5 Å². The Morgan fingerprint density at radius 2 is 1.83 bits per heavy atom. The molecule has 0 saturated heterocycles. The Balaban J connectivity index is 1.64. The van der Waals surface area contributed by atoms with Crippen LogP contribution in [0.3, 0.4) is 0 Å². The molecule has 186 valence electrons. The highest BCUT2D eigenvalue weighted by molar-refractivity contribution is 7.21. The lowest BCUT2D eigenvalue weighted by Gasteiger charge is -2.28. The molecule has 0 unspecified atom stereocenters. The molecule has 10 heteroatoms. The molecule has 2 aromatic carbocycles. The van der Waals surface area contributed by atoms with Gasteiger partial charge in [-0.25, -0.2) is 4.98 Å². The third kappa shape index (κ3) is 4.11. The first-order chi connectivity index (χ1) is 17.2. The van der Waals surface area contributed by atoms with E-state index in [1.165, 1.54) is 14.2 Å². The SMILES string of the molecule is COc1ccc(OC)c(-c2cc(C(F)(F)F)c3c(N)c(C(=O)N4CCc5ccccc5C4)sc3n2)c1. The monoisotopic (exact) mass is 513 g/mol. The number of ether oxygens (including phenoxy) is 2. The van der Waals surface area contributed by atoms with Gasteiger partial charge < -0.3 is 20.1 Å². The molecule has 2 aromatic heterocycles. The van der Waals surface area contributed by atoms with E-state index in [9.17, 15) is 18.0 Å². The van der Waals surface area contributed by atoms with Crippen molar-refractivity contribution in [1.29, 1.82) is 0 Å². The number of nitrogens with zero attached hydrogens (tertiary/aromatic N) is 2. The zero-order valence-corrected chi connectivity index (χ0v) is 20.3. The van der Waals surface area contributed by atoms with Gasteiger partial charge >= 0.3 is 6.18 Å². The summed E-state index contributed by atoms with van der Waals surface area (Å²) in [4.78, 5) is 19.6. The number of nitrogen functional groups attached to an aromatic ring is 1. The first kappa shape index (κ1) is 23.9. The summed E-state index contributed by atoms with van der Waals surface area (Å²) in [6.45, 7) is 0.823. The third-order valence-corrected chi connectivity index (χ3v) is 7.39. The Kier molecular flexibility index (Phi) is 5.99. The zero-order valence-electron chi connectivity index (χ0n) is 19.5. The minimum Gasteiger partial charge on any atom is -0.497 e. The number of carbonyl (C=O) groups is 1. The van der Waals surface area contributed by atoms with Gasteiger partial charge in [0.05, 0.1) is 31.2 Å². The smallest absolute Gasteiger partial charge is 0.417 e. The minimum absolute atomic E-state index is 0.0305. The predicted molar refractivity (Wildman–Crippen MR) is 132 cm³/mol. The highest BCUT2D eigenvalue weighted by atomic mass is 32.1. The van der Waals surface area contributed by atoms with E-state index in [1.807, 2.05) is 24.3 Å².